The van der Waals surface area contributed by atoms with E-state index in [0.717, 1.165) is 11.3 Å². The average Bonchev–Trinajstić information content (AvgIpc) is 2.36. The number of halogens is 4. The summed E-state index contributed by atoms with van der Waals surface area (Å²) >= 11 is 3.22. The number of nitrogens with one attached hydrogen (secondary N) is 1. The van der Waals surface area contributed by atoms with Gasteiger partial charge in [0.05, 0.1) is 0 Å². The van der Waals surface area contributed by atoms with E-state index in [9.17, 15) is 13.2 Å². The van der Waals surface area contributed by atoms with Crippen LogP contribution in [0, 0.1) is 5.82 Å². The molecule has 2 nitrogen and oxygen atoms in total. The number of rotatable bonds is 5. The Morgan fingerprint density at radius 2 is 1.80 bits per heavy atom. The van der Waals surface area contributed by atoms with Gasteiger partial charge in [0, 0.05) is 16.7 Å². The van der Waals surface area contributed by atoms with Gasteiger partial charge in [-0.3, -0.25) is 0 Å². The minimum atomic E-state index is -2.83. The summed E-state index contributed by atoms with van der Waals surface area (Å²) in [6, 6.07) is 10.7. The van der Waals surface area contributed by atoms with Gasteiger partial charge in [-0.1, -0.05) is 15.9 Å². The van der Waals surface area contributed by atoms with Crippen molar-refractivity contribution in [2.75, 3.05) is 5.32 Å². The van der Waals surface area contributed by atoms with E-state index < -0.39 is 6.61 Å². The summed E-state index contributed by atoms with van der Waals surface area (Å²) < 4.78 is 42.1. The number of anilines is 1. The zero-order chi connectivity index (χ0) is 14.5. The van der Waals surface area contributed by atoms with Crippen molar-refractivity contribution in [3.05, 3.63) is 58.3 Å². The molecule has 0 unspecified atom stereocenters. The molecule has 0 radical (unpaired) electrons. The molecule has 0 saturated carbocycles. The zero-order valence-corrected chi connectivity index (χ0v) is 11.8. The van der Waals surface area contributed by atoms with Gasteiger partial charge in [0.2, 0.25) is 0 Å². The van der Waals surface area contributed by atoms with Crippen LogP contribution in [0.25, 0.3) is 0 Å². The lowest BCUT2D eigenvalue weighted by molar-refractivity contribution is -0.0498. The van der Waals surface area contributed by atoms with Crippen LogP contribution in [0.1, 0.15) is 5.56 Å². The Labute approximate surface area is 122 Å². The molecule has 1 N–H and O–H groups in total. The SMILES string of the molecule is Fc1cc(Br)cc(CNc2ccc(OC(F)F)cc2)c1. The molecule has 0 aliphatic heterocycles. The van der Waals surface area contributed by atoms with Gasteiger partial charge < -0.3 is 10.1 Å². The fourth-order valence-electron chi connectivity index (χ4n) is 1.67. The second kappa shape index (κ2) is 6.65. The van der Waals surface area contributed by atoms with Crippen LogP contribution < -0.4 is 10.1 Å². The molecule has 0 saturated heterocycles. The molecule has 0 aliphatic rings. The first-order chi connectivity index (χ1) is 9.52. The monoisotopic (exact) mass is 345 g/mol. The van der Waals surface area contributed by atoms with Crippen LogP contribution in [-0.2, 0) is 6.54 Å². The second-order valence-corrected chi connectivity index (χ2v) is 4.95. The molecule has 0 heterocycles. The quantitative estimate of drug-likeness (QED) is 0.840. The van der Waals surface area contributed by atoms with E-state index in [-0.39, 0.29) is 11.6 Å². The summed E-state index contributed by atoms with van der Waals surface area (Å²) in [4.78, 5) is 0. The van der Waals surface area contributed by atoms with E-state index in [4.69, 9.17) is 0 Å². The molecular formula is C14H11BrF3NO. The van der Waals surface area contributed by atoms with Gasteiger partial charge >= 0.3 is 6.61 Å². The fraction of sp³-hybridized carbons (Fsp3) is 0.143. The molecule has 20 heavy (non-hydrogen) atoms. The third kappa shape index (κ3) is 4.45. The highest BCUT2D eigenvalue weighted by Crippen LogP contribution is 2.19. The lowest BCUT2D eigenvalue weighted by Gasteiger charge is -2.09. The van der Waals surface area contributed by atoms with Crippen molar-refractivity contribution in [1.82, 2.24) is 0 Å². The standard InChI is InChI=1S/C14H11BrF3NO/c15-10-5-9(6-11(16)7-10)8-19-12-1-3-13(4-2-12)20-14(17)18/h1-7,14,19H,8H2. The molecule has 6 heteroatoms. The predicted octanol–water partition coefficient (Wildman–Crippen LogP) is 4.80. The highest BCUT2D eigenvalue weighted by atomic mass is 79.9. The fourth-order valence-corrected chi connectivity index (χ4v) is 2.18. The molecule has 0 bridgehead atoms. The van der Waals surface area contributed by atoms with Crippen LogP contribution in [-0.4, -0.2) is 6.61 Å². The first-order valence-electron chi connectivity index (χ1n) is 5.76. The van der Waals surface area contributed by atoms with Gasteiger partial charge in [0.15, 0.2) is 0 Å². The largest absolute Gasteiger partial charge is 0.435 e. The van der Waals surface area contributed by atoms with Crippen molar-refractivity contribution in [1.29, 1.82) is 0 Å². The minimum absolute atomic E-state index is 0.0963. The molecule has 0 amide bonds. The van der Waals surface area contributed by atoms with Gasteiger partial charge in [0.25, 0.3) is 0 Å². The van der Waals surface area contributed by atoms with Crippen molar-refractivity contribution < 1.29 is 17.9 Å². The molecule has 2 aromatic carbocycles. The van der Waals surface area contributed by atoms with E-state index >= 15 is 0 Å². The smallest absolute Gasteiger partial charge is 0.387 e. The highest BCUT2D eigenvalue weighted by molar-refractivity contribution is 9.10. The molecule has 0 aromatic heterocycles. The lowest BCUT2D eigenvalue weighted by atomic mass is 10.2. The maximum atomic E-state index is 13.2. The second-order valence-electron chi connectivity index (χ2n) is 4.03. The van der Waals surface area contributed by atoms with E-state index in [1.54, 1.807) is 18.2 Å². The Morgan fingerprint density at radius 1 is 1.10 bits per heavy atom. The van der Waals surface area contributed by atoms with E-state index in [2.05, 4.69) is 26.0 Å². The van der Waals surface area contributed by atoms with Crippen LogP contribution in [0.2, 0.25) is 0 Å². The van der Waals surface area contributed by atoms with Crippen molar-refractivity contribution in [3.63, 3.8) is 0 Å². The third-order valence-corrected chi connectivity index (χ3v) is 2.96. The Balaban J connectivity index is 1.96. The number of alkyl halides is 2. The zero-order valence-electron chi connectivity index (χ0n) is 10.2. The molecule has 2 rings (SSSR count). The first-order valence-corrected chi connectivity index (χ1v) is 6.56. The van der Waals surface area contributed by atoms with Crippen LogP contribution in [0.5, 0.6) is 5.75 Å². The maximum Gasteiger partial charge on any atom is 0.387 e. The van der Waals surface area contributed by atoms with Crippen molar-refractivity contribution in [3.8, 4) is 5.75 Å². The van der Waals surface area contributed by atoms with Crippen LogP contribution in [0.3, 0.4) is 0 Å². The highest BCUT2D eigenvalue weighted by Gasteiger charge is 2.04. The molecular weight excluding hydrogens is 335 g/mol. The van der Waals surface area contributed by atoms with Crippen molar-refractivity contribution in [2.24, 2.45) is 0 Å². The predicted molar refractivity (Wildman–Crippen MR) is 74.5 cm³/mol. The maximum absolute atomic E-state index is 13.2. The molecule has 0 atom stereocenters. The normalized spacial score (nSPS) is 10.7. The minimum Gasteiger partial charge on any atom is -0.435 e. The topological polar surface area (TPSA) is 21.3 Å². The van der Waals surface area contributed by atoms with Crippen molar-refractivity contribution in [2.45, 2.75) is 13.2 Å². The van der Waals surface area contributed by atoms with Gasteiger partial charge in [-0.05, 0) is 48.0 Å². The molecule has 0 fully saturated rings. The Bertz CT molecular complexity index is 555. The Kier molecular flexibility index (Phi) is 4.89. The van der Waals surface area contributed by atoms with Gasteiger partial charge in [-0.25, -0.2) is 4.39 Å². The van der Waals surface area contributed by atoms with Crippen LogP contribution >= 0.6 is 15.9 Å². The van der Waals surface area contributed by atoms with Crippen LogP contribution in [0.15, 0.2) is 46.9 Å². The van der Waals surface area contributed by atoms with Gasteiger partial charge in [-0.15, -0.1) is 0 Å². The molecule has 106 valence electrons. The number of hydrogen-bond acceptors (Lipinski definition) is 2. The average molecular weight is 346 g/mol. The number of benzene rings is 2. The summed E-state index contributed by atoms with van der Waals surface area (Å²) in [6.45, 7) is -2.41. The molecule has 2 aromatic rings. The van der Waals surface area contributed by atoms with Crippen molar-refractivity contribution >= 4 is 21.6 Å². The Hall–Kier alpha value is -1.69. The van der Waals surface area contributed by atoms with E-state index in [1.807, 2.05) is 0 Å². The lowest BCUT2D eigenvalue weighted by Crippen LogP contribution is -2.02. The summed E-state index contributed by atoms with van der Waals surface area (Å²) in [7, 11) is 0. The van der Waals surface area contributed by atoms with E-state index in [1.165, 1.54) is 24.3 Å². The van der Waals surface area contributed by atoms with Gasteiger partial charge in [0.1, 0.15) is 11.6 Å². The summed E-state index contributed by atoms with van der Waals surface area (Å²) in [5.74, 6) is -0.226. The van der Waals surface area contributed by atoms with E-state index in [0.29, 0.717) is 11.0 Å². The summed E-state index contributed by atoms with van der Waals surface area (Å²) in [5, 5.41) is 3.07. The summed E-state index contributed by atoms with van der Waals surface area (Å²) in [6.07, 6.45) is 0. The molecule has 0 spiro atoms. The Morgan fingerprint density at radius 3 is 2.40 bits per heavy atom. The number of ether oxygens (including phenoxy) is 1. The number of hydrogen-bond donors (Lipinski definition) is 1. The van der Waals surface area contributed by atoms with Gasteiger partial charge in [-0.2, -0.15) is 8.78 Å². The third-order valence-electron chi connectivity index (χ3n) is 2.50. The molecule has 0 aliphatic carbocycles. The van der Waals surface area contributed by atoms with Crippen LogP contribution in [0.4, 0.5) is 18.9 Å². The summed E-state index contributed by atoms with van der Waals surface area (Å²) in [5.41, 5.74) is 1.50. The first kappa shape index (κ1) is 14.7.